The molecule has 1 aromatic heterocycles. The molecular weight excluding hydrogens is 289 g/mol. The van der Waals surface area contributed by atoms with Crippen molar-refractivity contribution in [3.05, 3.63) is 18.3 Å². The van der Waals surface area contributed by atoms with E-state index in [2.05, 4.69) is 33.0 Å². The molecule has 18 heavy (non-hydrogen) atoms. The first kappa shape index (κ1) is 13.7. The van der Waals surface area contributed by atoms with Gasteiger partial charge in [-0.25, -0.2) is 0 Å². The predicted octanol–water partition coefficient (Wildman–Crippen LogP) is 1.36. The van der Waals surface area contributed by atoms with E-state index in [-0.39, 0.29) is 22.4 Å². The molecule has 1 aromatic rings. The van der Waals surface area contributed by atoms with E-state index >= 15 is 0 Å². The molecule has 0 saturated carbocycles. The van der Waals surface area contributed by atoms with Gasteiger partial charge in [-0.15, -0.1) is 0 Å². The SMILES string of the molecule is C[AsH]C1CCN(c2ccnc(NCCCO)c2)C1. The van der Waals surface area contributed by atoms with Crippen LogP contribution in [0.1, 0.15) is 12.8 Å². The number of rotatable bonds is 6. The van der Waals surface area contributed by atoms with Crippen molar-refractivity contribution < 1.29 is 5.11 Å². The molecule has 5 heteroatoms. The first-order valence-corrected chi connectivity index (χ1v) is 9.87. The van der Waals surface area contributed by atoms with Crippen molar-refractivity contribution in [2.45, 2.75) is 23.3 Å². The number of aromatic nitrogens is 1. The molecular formula is C13H22AsN3O. The summed E-state index contributed by atoms with van der Waals surface area (Å²) in [6.07, 6.45) is 3.98. The summed E-state index contributed by atoms with van der Waals surface area (Å²) in [6.45, 7) is 3.40. The van der Waals surface area contributed by atoms with Gasteiger partial charge in [-0.2, -0.15) is 0 Å². The molecule has 100 valence electrons. The van der Waals surface area contributed by atoms with Crippen LogP contribution >= 0.6 is 0 Å². The zero-order chi connectivity index (χ0) is 12.8. The molecule has 2 N–H and O–H groups in total. The van der Waals surface area contributed by atoms with Crippen molar-refractivity contribution in [2.75, 3.05) is 36.5 Å². The number of anilines is 2. The molecule has 1 aliphatic heterocycles. The van der Waals surface area contributed by atoms with Crippen LogP contribution in [0.2, 0.25) is 10.4 Å². The summed E-state index contributed by atoms with van der Waals surface area (Å²) in [5.41, 5.74) is 3.67. The first-order chi connectivity index (χ1) is 8.83. The van der Waals surface area contributed by atoms with Crippen LogP contribution in [-0.4, -0.2) is 52.1 Å². The van der Waals surface area contributed by atoms with Crippen LogP contribution in [0, 0.1) is 0 Å². The van der Waals surface area contributed by atoms with Gasteiger partial charge >= 0.3 is 115 Å². The fourth-order valence-electron chi connectivity index (χ4n) is 2.24. The van der Waals surface area contributed by atoms with Crippen molar-refractivity contribution in [3.8, 4) is 0 Å². The Morgan fingerprint density at radius 3 is 3.22 bits per heavy atom. The first-order valence-electron chi connectivity index (χ1n) is 6.56. The van der Waals surface area contributed by atoms with Gasteiger partial charge in [0, 0.05) is 0 Å². The Bertz CT molecular complexity index is 375. The van der Waals surface area contributed by atoms with Gasteiger partial charge in [0.15, 0.2) is 0 Å². The number of nitrogens with one attached hydrogen (secondary N) is 1. The molecule has 2 heterocycles. The van der Waals surface area contributed by atoms with Crippen molar-refractivity contribution in [1.82, 2.24) is 4.98 Å². The molecule has 0 radical (unpaired) electrons. The Labute approximate surface area is 115 Å². The number of hydrogen-bond acceptors (Lipinski definition) is 4. The van der Waals surface area contributed by atoms with Crippen molar-refractivity contribution >= 4 is 27.3 Å². The van der Waals surface area contributed by atoms with E-state index in [0.717, 1.165) is 23.5 Å². The molecule has 2 atom stereocenters. The van der Waals surface area contributed by atoms with Gasteiger partial charge in [0.2, 0.25) is 0 Å². The second-order valence-corrected chi connectivity index (χ2v) is 7.55. The molecule has 2 rings (SSSR count). The number of pyridine rings is 1. The molecule has 1 saturated heterocycles. The minimum absolute atomic E-state index is 0.223. The van der Waals surface area contributed by atoms with Crippen LogP contribution in [-0.2, 0) is 0 Å². The Morgan fingerprint density at radius 2 is 2.50 bits per heavy atom. The summed E-state index contributed by atoms with van der Waals surface area (Å²) in [6, 6.07) is 4.21. The Hall–Kier alpha value is -0.732. The normalized spacial score (nSPS) is 19.9. The van der Waals surface area contributed by atoms with Gasteiger partial charge in [-0.1, -0.05) is 0 Å². The molecule has 4 nitrogen and oxygen atoms in total. The van der Waals surface area contributed by atoms with Gasteiger partial charge in [0.05, 0.1) is 0 Å². The quantitative estimate of drug-likeness (QED) is 0.615. The number of aliphatic hydroxyl groups is 1. The van der Waals surface area contributed by atoms with Gasteiger partial charge < -0.3 is 0 Å². The van der Waals surface area contributed by atoms with Crippen LogP contribution < -0.4 is 10.2 Å². The molecule has 0 aromatic carbocycles. The number of hydrogen-bond donors (Lipinski definition) is 2. The van der Waals surface area contributed by atoms with Crippen LogP contribution in [0.3, 0.4) is 0 Å². The predicted molar refractivity (Wildman–Crippen MR) is 78.0 cm³/mol. The average molecular weight is 311 g/mol. The topological polar surface area (TPSA) is 48.4 Å². The van der Waals surface area contributed by atoms with Gasteiger partial charge in [0.1, 0.15) is 0 Å². The van der Waals surface area contributed by atoms with Crippen LogP contribution in [0.15, 0.2) is 18.3 Å². The summed E-state index contributed by atoms with van der Waals surface area (Å²) in [4.78, 5) is 6.78. The van der Waals surface area contributed by atoms with E-state index < -0.39 is 0 Å². The molecule has 1 fully saturated rings. The monoisotopic (exact) mass is 311 g/mol. The fraction of sp³-hybridized carbons (Fsp3) is 0.615. The van der Waals surface area contributed by atoms with E-state index in [1.807, 2.05) is 6.20 Å². The molecule has 0 spiro atoms. The van der Waals surface area contributed by atoms with E-state index in [9.17, 15) is 0 Å². The van der Waals surface area contributed by atoms with Gasteiger partial charge in [0.25, 0.3) is 0 Å². The Morgan fingerprint density at radius 1 is 1.61 bits per heavy atom. The summed E-state index contributed by atoms with van der Waals surface area (Å²) >= 11 is 0.241. The zero-order valence-corrected chi connectivity index (χ0v) is 13.0. The van der Waals surface area contributed by atoms with Crippen LogP contribution in [0.25, 0.3) is 0 Å². The fourth-order valence-corrected chi connectivity index (χ4v) is 3.96. The maximum absolute atomic E-state index is 8.76. The van der Waals surface area contributed by atoms with Gasteiger partial charge in [-0.3, -0.25) is 0 Å². The van der Waals surface area contributed by atoms with Gasteiger partial charge in [-0.05, 0) is 0 Å². The van der Waals surface area contributed by atoms with E-state index in [1.165, 1.54) is 25.2 Å². The van der Waals surface area contributed by atoms with E-state index in [0.29, 0.717) is 0 Å². The van der Waals surface area contributed by atoms with Crippen molar-refractivity contribution in [2.24, 2.45) is 0 Å². The second-order valence-electron chi connectivity index (χ2n) is 4.62. The third-order valence-electron chi connectivity index (χ3n) is 3.35. The van der Waals surface area contributed by atoms with Crippen LogP contribution in [0.4, 0.5) is 11.5 Å². The minimum atomic E-state index is 0.223. The van der Waals surface area contributed by atoms with Crippen molar-refractivity contribution in [1.29, 1.82) is 0 Å². The molecule has 0 aliphatic carbocycles. The zero-order valence-electron chi connectivity index (χ0n) is 10.9. The summed E-state index contributed by atoms with van der Waals surface area (Å²) < 4.78 is 0.962. The molecule has 2 unspecified atom stereocenters. The third kappa shape index (κ3) is 3.63. The Kier molecular flexibility index (Phi) is 5.33. The summed E-state index contributed by atoms with van der Waals surface area (Å²) in [5, 5.41) is 12.0. The molecule has 0 bridgehead atoms. The Balaban J connectivity index is 1.94. The maximum atomic E-state index is 8.76. The molecule has 1 aliphatic rings. The van der Waals surface area contributed by atoms with Crippen molar-refractivity contribution in [3.63, 3.8) is 0 Å². The standard InChI is InChI=1S/C13H22AsN3O/c1-14-11-4-7-17(10-11)12-3-6-16-13(9-12)15-5-2-8-18/h3,6,9,11,14,18H,2,4-5,7-8,10H2,1H3,(H,15,16). The third-order valence-corrected chi connectivity index (χ3v) is 6.05. The van der Waals surface area contributed by atoms with E-state index in [4.69, 9.17) is 5.11 Å². The number of nitrogens with zero attached hydrogens (tertiary/aromatic N) is 2. The second kappa shape index (κ2) is 7.00. The van der Waals surface area contributed by atoms with E-state index in [1.54, 1.807) is 0 Å². The summed E-state index contributed by atoms with van der Waals surface area (Å²) in [7, 11) is 0. The average Bonchev–Trinajstić information content (AvgIpc) is 2.88. The summed E-state index contributed by atoms with van der Waals surface area (Å²) in [5.74, 6) is 0.914. The van der Waals surface area contributed by atoms with Crippen LogP contribution in [0.5, 0.6) is 0 Å². The number of aliphatic hydroxyl groups excluding tert-OH is 1. The molecule has 0 amide bonds.